The van der Waals surface area contributed by atoms with Crippen molar-refractivity contribution in [2.24, 2.45) is 0 Å². The van der Waals surface area contributed by atoms with Gasteiger partial charge in [-0.2, -0.15) is 0 Å². The molecular formula is C11H14N4O3. The van der Waals surface area contributed by atoms with Gasteiger partial charge in [-0.1, -0.05) is 12.8 Å². The first-order chi connectivity index (χ1) is 8.55. The number of anilines is 1. The van der Waals surface area contributed by atoms with Gasteiger partial charge in [0.15, 0.2) is 11.5 Å². The molecule has 1 heterocycles. The summed E-state index contributed by atoms with van der Waals surface area (Å²) in [7, 11) is 0. The molecule has 7 nitrogen and oxygen atoms in total. The van der Waals surface area contributed by atoms with E-state index >= 15 is 0 Å². The molecule has 1 aromatic rings. The van der Waals surface area contributed by atoms with Crippen molar-refractivity contribution in [2.45, 2.75) is 31.2 Å². The second-order valence-corrected chi connectivity index (χ2v) is 4.34. The van der Waals surface area contributed by atoms with Gasteiger partial charge in [0.25, 0.3) is 5.91 Å². The molecule has 1 amide bonds. The van der Waals surface area contributed by atoms with E-state index in [0.29, 0.717) is 12.8 Å². The molecule has 4 N–H and O–H groups in total. The minimum absolute atomic E-state index is 0.00599. The molecule has 18 heavy (non-hydrogen) atoms. The van der Waals surface area contributed by atoms with Crippen LogP contribution in [0.25, 0.3) is 0 Å². The van der Waals surface area contributed by atoms with Gasteiger partial charge in [0.2, 0.25) is 0 Å². The topological polar surface area (TPSA) is 118 Å². The van der Waals surface area contributed by atoms with Crippen LogP contribution in [0.4, 0.5) is 5.82 Å². The van der Waals surface area contributed by atoms with Crippen LogP contribution in [0, 0.1) is 0 Å². The number of aliphatic carboxylic acids is 1. The van der Waals surface area contributed by atoms with Crippen LogP contribution >= 0.6 is 0 Å². The van der Waals surface area contributed by atoms with Crippen molar-refractivity contribution >= 4 is 17.7 Å². The summed E-state index contributed by atoms with van der Waals surface area (Å²) < 4.78 is 0. The number of aromatic nitrogens is 2. The van der Waals surface area contributed by atoms with Crippen LogP contribution in [-0.4, -0.2) is 32.5 Å². The van der Waals surface area contributed by atoms with Crippen molar-refractivity contribution in [1.82, 2.24) is 15.3 Å². The summed E-state index contributed by atoms with van der Waals surface area (Å²) in [6, 6.07) is 0. The zero-order valence-corrected chi connectivity index (χ0v) is 9.72. The second-order valence-electron chi connectivity index (χ2n) is 4.34. The number of amides is 1. The van der Waals surface area contributed by atoms with Crippen molar-refractivity contribution in [3.63, 3.8) is 0 Å². The Hall–Kier alpha value is -2.18. The summed E-state index contributed by atoms with van der Waals surface area (Å²) in [5, 5.41) is 11.8. The third-order valence-corrected chi connectivity index (χ3v) is 3.16. The summed E-state index contributed by atoms with van der Waals surface area (Å²) in [6.07, 6.45) is 5.12. The lowest BCUT2D eigenvalue weighted by Crippen LogP contribution is -2.52. The molecule has 0 aliphatic heterocycles. The predicted octanol–water partition coefficient (Wildman–Crippen LogP) is 0.186. The lowest BCUT2D eigenvalue weighted by Gasteiger charge is -2.25. The Bertz CT molecular complexity index is 483. The number of nitrogens with one attached hydrogen (secondary N) is 1. The van der Waals surface area contributed by atoms with Crippen LogP contribution in [0.1, 0.15) is 36.2 Å². The van der Waals surface area contributed by atoms with Crippen molar-refractivity contribution in [3.05, 3.63) is 18.1 Å². The monoisotopic (exact) mass is 250 g/mol. The summed E-state index contributed by atoms with van der Waals surface area (Å²) in [6.45, 7) is 0. The van der Waals surface area contributed by atoms with E-state index in [1.54, 1.807) is 0 Å². The SMILES string of the molecule is Nc1nccnc1C(=O)NC1(C(=O)O)CCCC1. The average molecular weight is 250 g/mol. The number of carboxylic acids is 1. The molecule has 0 aromatic carbocycles. The van der Waals surface area contributed by atoms with Gasteiger partial charge in [-0.25, -0.2) is 14.8 Å². The number of nitrogens with two attached hydrogens (primary N) is 1. The van der Waals surface area contributed by atoms with Gasteiger partial charge in [0, 0.05) is 12.4 Å². The van der Waals surface area contributed by atoms with Crippen LogP contribution in [0.2, 0.25) is 0 Å². The van der Waals surface area contributed by atoms with Gasteiger partial charge < -0.3 is 16.2 Å². The Kier molecular flexibility index (Phi) is 3.14. The highest BCUT2D eigenvalue weighted by atomic mass is 16.4. The van der Waals surface area contributed by atoms with E-state index in [2.05, 4.69) is 15.3 Å². The van der Waals surface area contributed by atoms with E-state index in [1.807, 2.05) is 0 Å². The minimum atomic E-state index is -1.19. The molecule has 1 aliphatic rings. The number of nitrogen functional groups attached to an aromatic ring is 1. The molecule has 2 rings (SSSR count). The molecule has 96 valence electrons. The molecule has 0 atom stereocenters. The Morgan fingerprint density at radius 2 is 1.89 bits per heavy atom. The summed E-state index contributed by atoms with van der Waals surface area (Å²) in [4.78, 5) is 30.8. The predicted molar refractivity (Wildman–Crippen MR) is 62.7 cm³/mol. The molecule has 0 radical (unpaired) electrons. The maximum absolute atomic E-state index is 12.0. The molecule has 0 saturated heterocycles. The van der Waals surface area contributed by atoms with Crippen LogP contribution < -0.4 is 11.1 Å². The lowest BCUT2D eigenvalue weighted by atomic mass is 9.97. The van der Waals surface area contributed by atoms with Crippen LogP contribution in [-0.2, 0) is 4.79 Å². The number of carboxylic acid groups (broad SMARTS) is 1. The van der Waals surface area contributed by atoms with Gasteiger partial charge in [0.1, 0.15) is 5.54 Å². The van der Waals surface area contributed by atoms with Gasteiger partial charge in [-0.05, 0) is 12.8 Å². The van der Waals surface area contributed by atoms with Crippen LogP contribution in [0.15, 0.2) is 12.4 Å². The first-order valence-electron chi connectivity index (χ1n) is 5.67. The van der Waals surface area contributed by atoms with Gasteiger partial charge in [-0.15, -0.1) is 0 Å². The molecule has 1 aromatic heterocycles. The quantitative estimate of drug-likeness (QED) is 0.704. The van der Waals surface area contributed by atoms with Crippen LogP contribution in [0.3, 0.4) is 0 Å². The smallest absolute Gasteiger partial charge is 0.329 e. The van der Waals surface area contributed by atoms with E-state index in [9.17, 15) is 14.7 Å². The van der Waals surface area contributed by atoms with Gasteiger partial charge in [0.05, 0.1) is 0 Å². The summed E-state index contributed by atoms with van der Waals surface area (Å²) in [5.41, 5.74) is 4.30. The second kappa shape index (κ2) is 4.59. The first kappa shape index (κ1) is 12.3. The molecule has 1 saturated carbocycles. The number of carbonyl (C=O) groups is 2. The van der Waals surface area contributed by atoms with Gasteiger partial charge in [-0.3, -0.25) is 4.79 Å². The third-order valence-electron chi connectivity index (χ3n) is 3.16. The Balaban J connectivity index is 2.21. The molecular weight excluding hydrogens is 236 g/mol. The summed E-state index contributed by atoms with van der Waals surface area (Å²) >= 11 is 0. The van der Waals surface area contributed by atoms with Crippen LogP contribution in [0.5, 0.6) is 0 Å². The Morgan fingerprint density at radius 1 is 1.28 bits per heavy atom. The van der Waals surface area contributed by atoms with E-state index in [1.165, 1.54) is 12.4 Å². The minimum Gasteiger partial charge on any atom is -0.480 e. The number of carbonyl (C=O) groups excluding carboxylic acids is 1. The number of rotatable bonds is 3. The third kappa shape index (κ3) is 2.11. The largest absolute Gasteiger partial charge is 0.480 e. The highest BCUT2D eigenvalue weighted by Crippen LogP contribution is 2.30. The first-order valence-corrected chi connectivity index (χ1v) is 5.67. The zero-order chi connectivity index (χ0) is 13.2. The maximum Gasteiger partial charge on any atom is 0.329 e. The molecule has 1 fully saturated rings. The molecule has 7 heteroatoms. The fourth-order valence-electron chi connectivity index (χ4n) is 2.17. The highest BCUT2D eigenvalue weighted by Gasteiger charge is 2.43. The number of hydrogen-bond donors (Lipinski definition) is 3. The fourth-order valence-corrected chi connectivity index (χ4v) is 2.17. The zero-order valence-electron chi connectivity index (χ0n) is 9.72. The van der Waals surface area contributed by atoms with E-state index in [0.717, 1.165) is 12.8 Å². The maximum atomic E-state index is 12.0. The molecule has 0 bridgehead atoms. The Labute approximate surface area is 103 Å². The number of hydrogen-bond acceptors (Lipinski definition) is 5. The number of nitrogens with zero attached hydrogens (tertiary/aromatic N) is 2. The van der Waals surface area contributed by atoms with Crippen molar-refractivity contribution in [3.8, 4) is 0 Å². The van der Waals surface area contributed by atoms with Crippen molar-refractivity contribution < 1.29 is 14.7 Å². The molecule has 1 aliphatic carbocycles. The van der Waals surface area contributed by atoms with E-state index < -0.39 is 17.4 Å². The van der Waals surface area contributed by atoms with Crippen molar-refractivity contribution in [2.75, 3.05) is 5.73 Å². The van der Waals surface area contributed by atoms with Crippen molar-refractivity contribution in [1.29, 1.82) is 0 Å². The fraction of sp³-hybridized carbons (Fsp3) is 0.455. The molecule has 0 unspecified atom stereocenters. The van der Waals surface area contributed by atoms with E-state index in [-0.39, 0.29) is 11.5 Å². The normalized spacial score (nSPS) is 17.3. The Morgan fingerprint density at radius 3 is 2.44 bits per heavy atom. The highest BCUT2D eigenvalue weighted by molar-refractivity contribution is 5.99. The lowest BCUT2D eigenvalue weighted by molar-refractivity contribution is -0.144. The molecule has 0 spiro atoms. The van der Waals surface area contributed by atoms with Gasteiger partial charge >= 0.3 is 5.97 Å². The standard InChI is InChI=1S/C11H14N4O3/c12-8-7(13-5-6-14-8)9(16)15-11(10(17)18)3-1-2-4-11/h5-6H,1-4H2,(H2,12,14)(H,15,16)(H,17,18). The average Bonchev–Trinajstić information content (AvgIpc) is 2.79. The summed E-state index contributed by atoms with van der Waals surface area (Å²) in [5.74, 6) is -1.62. The van der Waals surface area contributed by atoms with E-state index in [4.69, 9.17) is 5.73 Å².